The number of rotatable bonds is 4. The molecule has 1 aliphatic heterocycles. The van der Waals surface area contributed by atoms with Gasteiger partial charge in [-0.15, -0.1) is 12.4 Å². The average Bonchev–Trinajstić information content (AvgIpc) is 2.89. The highest BCUT2D eigenvalue weighted by molar-refractivity contribution is 5.87. The van der Waals surface area contributed by atoms with Gasteiger partial charge in [0.1, 0.15) is 0 Å². The molecule has 19 heavy (non-hydrogen) atoms. The van der Waals surface area contributed by atoms with E-state index in [-0.39, 0.29) is 29.9 Å². The summed E-state index contributed by atoms with van der Waals surface area (Å²) in [5.74, 6) is 0.110. The highest BCUT2D eigenvalue weighted by atomic mass is 35.5. The average molecular weight is 284 g/mol. The fourth-order valence-electron chi connectivity index (χ4n) is 2.51. The summed E-state index contributed by atoms with van der Waals surface area (Å²) in [5, 5.41) is 6.44. The van der Waals surface area contributed by atoms with Crippen LogP contribution in [0.25, 0.3) is 0 Å². The number of halogens is 1. The van der Waals surface area contributed by atoms with Gasteiger partial charge in [0.25, 0.3) is 0 Å². The quantitative estimate of drug-likeness (QED) is 0.891. The summed E-state index contributed by atoms with van der Waals surface area (Å²) in [6.07, 6.45) is 6.37. The molecule has 4 nitrogen and oxygen atoms in total. The lowest BCUT2D eigenvalue weighted by molar-refractivity contribution is -0.128. The summed E-state index contributed by atoms with van der Waals surface area (Å²) >= 11 is 0. The van der Waals surface area contributed by atoms with E-state index in [1.807, 2.05) is 19.1 Å². The number of pyridine rings is 1. The molecule has 0 spiro atoms. The van der Waals surface area contributed by atoms with Crippen molar-refractivity contribution in [1.82, 2.24) is 15.6 Å². The maximum atomic E-state index is 12.4. The lowest BCUT2D eigenvalue weighted by atomic mass is 9.92. The van der Waals surface area contributed by atoms with E-state index in [0.717, 1.165) is 31.4 Å². The molecule has 106 valence electrons. The van der Waals surface area contributed by atoms with Crippen LogP contribution in [0.4, 0.5) is 0 Å². The molecule has 5 heteroatoms. The number of carbonyl (C=O) groups is 1. The molecule has 2 unspecified atom stereocenters. The molecule has 1 amide bonds. The molecule has 1 fully saturated rings. The highest BCUT2D eigenvalue weighted by Gasteiger charge is 2.39. The first kappa shape index (κ1) is 15.9. The lowest BCUT2D eigenvalue weighted by Crippen LogP contribution is -2.53. The molecule has 0 radical (unpaired) electrons. The van der Waals surface area contributed by atoms with Crippen LogP contribution in [0.15, 0.2) is 24.5 Å². The summed E-state index contributed by atoms with van der Waals surface area (Å²) in [7, 11) is 0. The first-order valence-electron chi connectivity index (χ1n) is 6.64. The second kappa shape index (κ2) is 6.87. The number of hydrogen-bond acceptors (Lipinski definition) is 3. The van der Waals surface area contributed by atoms with E-state index >= 15 is 0 Å². The predicted molar refractivity (Wildman–Crippen MR) is 78.3 cm³/mol. The van der Waals surface area contributed by atoms with Crippen molar-refractivity contribution in [2.24, 2.45) is 0 Å². The minimum Gasteiger partial charge on any atom is -0.348 e. The SMILES string of the molecule is CCC1(C(=O)NC(C)c2cccnc2)CCCN1.Cl. The Hall–Kier alpha value is -1.13. The molecule has 2 rings (SSSR count). The maximum Gasteiger partial charge on any atom is 0.240 e. The molecule has 1 aromatic rings. The maximum absolute atomic E-state index is 12.4. The van der Waals surface area contributed by atoms with Crippen molar-refractivity contribution in [3.05, 3.63) is 30.1 Å². The first-order chi connectivity index (χ1) is 8.68. The summed E-state index contributed by atoms with van der Waals surface area (Å²) < 4.78 is 0. The summed E-state index contributed by atoms with van der Waals surface area (Å²) in [6, 6.07) is 3.87. The van der Waals surface area contributed by atoms with Gasteiger partial charge >= 0.3 is 0 Å². The Bertz CT molecular complexity index is 404. The van der Waals surface area contributed by atoms with Gasteiger partial charge in [0.2, 0.25) is 5.91 Å². The van der Waals surface area contributed by atoms with Gasteiger partial charge in [-0.1, -0.05) is 13.0 Å². The van der Waals surface area contributed by atoms with E-state index in [1.165, 1.54) is 0 Å². The van der Waals surface area contributed by atoms with Gasteiger partial charge in [-0.3, -0.25) is 9.78 Å². The van der Waals surface area contributed by atoms with Crippen molar-refractivity contribution in [3.63, 3.8) is 0 Å². The normalized spacial score (nSPS) is 23.5. The fraction of sp³-hybridized carbons (Fsp3) is 0.571. The largest absolute Gasteiger partial charge is 0.348 e. The molecule has 1 saturated heterocycles. The van der Waals surface area contributed by atoms with Gasteiger partial charge in [-0.25, -0.2) is 0 Å². The van der Waals surface area contributed by atoms with Gasteiger partial charge in [0, 0.05) is 12.4 Å². The summed E-state index contributed by atoms with van der Waals surface area (Å²) in [6.45, 7) is 4.99. The van der Waals surface area contributed by atoms with Gasteiger partial charge in [0.05, 0.1) is 11.6 Å². The molecule has 0 aliphatic carbocycles. The van der Waals surface area contributed by atoms with Crippen LogP contribution in [-0.4, -0.2) is 23.0 Å². The third-order valence-electron chi connectivity index (χ3n) is 3.81. The van der Waals surface area contributed by atoms with Gasteiger partial charge in [0.15, 0.2) is 0 Å². The molecule has 1 aliphatic rings. The third kappa shape index (κ3) is 3.45. The smallest absolute Gasteiger partial charge is 0.240 e. The van der Waals surface area contributed by atoms with Crippen LogP contribution in [0.3, 0.4) is 0 Å². The number of amides is 1. The van der Waals surface area contributed by atoms with Gasteiger partial charge < -0.3 is 10.6 Å². The van der Waals surface area contributed by atoms with Crippen molar-refractivity contribution < 1.29 is 4.79 Å². The zero-order valence-electron chi connectivity index (χ0n) is 11.5. The first-order valence-corrected chi connectivity index (χ1v) is 6.64. The van der Waals surface area contributed by atoms with Crippen LogP contribution < -0.4 is 10.6 Å². The van der Waals surface area contributed by atoms with E-state index in [2.05, 4.69) is 22.5 Å². The Morgan fingerprint density at radius 3 is 2.95 bits per heavy atom. The molecule has 2 heterocycles. The molecule has 0 bridgehead atoms. The molecule has 1 aromatic heterocycles. The monoisotopic (exact) mass is 283 g/mol. The van der Waals surface area contributed by atoms with Crippen molar-refractivity contribution in [2.45, 2.75) is 44.7 Å². The number of carbonyl (C=O) groups excluding carboxylic acids is 1. The molecule has 2 atom stereocenters. The minimum absolute atomic E-state index is 0. The highest BCUT2D eigenvalue weighted by Crippen LogP contribution is 2.24. The van der Waals surface area contributed by atoms with E-state index < -0.39 is 0 Å². The Kier molecular flexibility index (Phi) is 5.76. The number of nitrogens with one attached hydrogen (secondary N) is 2. The summed E-state index contributed by atoms with van der Waals surface area (Å²) in [4.78, 5) is 16.5. The Labute approximate surface area is 120 Å². The van der Waals surface area contributed by atoms with Crippen LogP contribution in [0.2, 0.25) is 0 Å². The molecule has 0 saturated carbocycles. The molecule has 0 aromatic carbocycles. The molecular formula is C14H22ClN3O. The fourth-order valence-corrected chi connectivity index (χ4v) is 2.51. The van der Waals surface area contributed by atoms with Crippen LogP contribution in [0, 0.1) is 0 Å². The van der Waals surface area contributed by atoms with E-state index in [9.17, 15) is 4.79 Å². The molecular weight excluding hydrogens is 262 g/mol. The summed E-state index contributed by atoms with van der Waals surface area (Å²) in [5.41, 5.74) is 0.673. The van der Waals surface area contributed by atoms with E-state index in [1.54, 1.807) is 12.4 Å². The van der Waals surface area contributed by atoms with Crippen molar-refractivity contribution >= 4 is 18.3 Å². The van der Waals surface area contributed by atoms with Crippen LogP contribution >= 0.6 is 12.4 Å². The van der Waals surface area contributed by atoms with E-state index in [0.29, 0.717) is 0 Å². The minimum atomic E-state index is -0.365. The Balaban J connectivity index is 0.00000180. The van der Waals surface area contributed by atoms with Crippen molar-refractivity contribution in [2.75, 3.05) is 6.54 Å². The lowest BCUT2D eigenvalue weighted by Gasteiger charge is -2.28. The predicted octanol–water partition coefficient (Wildman–Crippen LogP) is 2.21. The Morgan fingerprint density at radius 2 is 2.42 bits per heavy atom. The zero-order chi connectivity index (χ0) is 13.0. The second-order valence-electron chi connectivity index (χ2n) is 4.95. The number of aromatic nitrogens is 1. The van der Waals surface area contributed by atoms with Crippen LogP contribution in [-0.2, 0) is 4.79 Å². The van der Waals surface area contributed by atoms with Crippen LogP contribution in [0.5, 0.6) is 0 Å². The second-order valence-corrected chi connectivity index (χ2v) is 4.95. The third-order valence-corrected chi connectivity index (χ3v) is 3.81. The standard InChI is InChI=1S/C14H21N3O.ClH/c1-3-14(7-5-9-16-14)13(18)17-11(2)12-6-4-8-15-10-12;/h4,6,8,10-11,16H,3,5,7,9H2,1-2H3,(H,17,18);1H. The molecule has 2 N–H and O–H groups in total. The topological polar surface area (TPSA) is 54.0 Å². The van der Waals surface area contributed by atoms with Crippen LogP contribution in [0.1, 0.15) is 44.7 Å². The van der Waals surface area contributed by atoms with Gasteiger partial charge in [-0.2, -0.15) is 0 Å². The number of hydrogen-bond donors (Lipinski definition) is 2. The van der Waals surface area contributed by atoms with E-state index in [4.69, 9.17) is 0 Å². The Morgan fingerprint density at radius 1 is 1.63 bits per heavy atom. The van der Waals surface area contributed by atoms with Crippen molar-refractivity contribution in [3.8, 4) is 0 Å². The van der Waals surface area contributed by atoms with Gasteiger partial charge in [-0.05, 0) is 44.4 Å². The zero-order valence-corrected chi connectivity index (χ0v) is 12.3. The van der Waals surface area contributed by atoms with Crippen molar-refractivity contribution in [1.29, 1.82) is 0 Å². The number of nitrogens with zero attached hydrogens (tertiary/aromatic N) is 1.